The van der Waals surface area contributed by atoms with Crippen LogP contribution < -0.4 is 10.9 Å². The molecule has 1 amide bonds. The zero-order chi connectivity index (χ0) is 21.3. The molecule has 0 radical (unpaired) electrons. The van der Waals surface area contributed by atoms with Gasteiger partial charge in [-0.15, -0.1) is 0 Å². The minimum absolute atomic E-state index is 0.0549. The van der Waals surface area contributed by atoms with Gasteiger partial charge in [0.25, 0.3) is 11.5 Å². The van der Waals surface area contributed by atoms with Crippen molar-refractivity contribution in [1.82, 2.24) is 9.55 Å². The molecule has 1 N–H and O–H groups in total. The van der Waals surface area contributed by atoms with E-state index in [1.165, 1.54) is 4.57 Å². The Kier molecular flexibility index (Phi) is 5.38. The molecular weight excluding hydrogens is 398 g/mol. The molecule has 30 heavy (non-hydrogen) atoms. The Bertz CT molecular complexity index is 1310. The number of hydrogen-bond donors (Lipinski definition) is 1. The number of nitrogens with one attached hydrogen (secondary N) is 1. The summed E-state index contributed by atoms with van der Waals surface area (Å²) in [6.07, 6.45) is 1.64. The molecule has 0 unspecified atom stereocenters. The highest BCUT2D eigenvalue weighted by molar-refractivity contribution is 6.31. The molecule has 0 spiro atoms. The maximum Gasteiger partial charge on any atom is 0.265 e. The van der Waals surface area contributed by atoms with Crippen LogP contribution >= 0.6 is 11.6 Å². The van der Waals surface area contributed by atoms with Crippen molar-refractivity contribution in [2.45, 2.75) is 20.4 Å². The van der Waals surface area contributed by atoms with Gasteiger partial charge in [-0.05, 0) is 55.3 Å². The normalized spacial score (nSPS) is 10.9. The van der Waals surface area contributed by atoms with E-state index in [2.05, 4.69) is 10.3 Å². The van der Waals surface area contributed by atoms with Crippen LogP contribution in [-0.4, -0.2) is 15.5 Å². The number of carbonyl (C=O) groups excluding carboxylic acids is 1. The van der Waals surface area contributed by atoms with E-state index in [-0.39, 0.29) is 5.56 Å². The van der Waals surface area contributed by atoms with Crippen molar-refractivity contribution in [3.63, 3.8) is 0 Å². The second-order valence-corrected chi connectivity index (χ2v) is 7.68. The molecular formula is C24H20ClN3O2. The Balaban J connectivity index is 1.77. The molecule has 0 aliphatic carbocycles. The second-order valence-electron chi connectivity index (χ2n) is 7.27. The van der Waals surface area contributed by atoms with E-state index in [0.717, 1.165) is 22.1 Å². The molecule has 4 rings (SSSR count). The molecule has 2 aromatic carbocycles. The minimum Gasteiger partial charge on any atom is -0.322 e. The molecule has 0 fully saturated rings. The van der Waals surface area contributed by atoms with Crippen molar-refractivity contribution < 1.29 is 4.79 Å². The van der Waals surface area contributed by atoms with Gasteiger partial charge < -0.3 is 5.32 Å². The summed E-state index contributed by atoms with van der Waals surface area (Å²) in [6, 6.07) is 18.4. The predicted octanol–water partition coefficient (Wildman–Crippen LogP) is 4.97. The van der Waals surface area contributed by atoms with Gasteiger partial charge in [0, 0.05) is 22.3 Å². The molecule has 5 nitrogen and oxygen atoms in total. The minimum atomic E-state index is -0.483. The average Bonchev–Trinajstić information content (AvgIpc) is 2.74. The van der Waals surface area contributed by atoms with E-state index in [9.17, 15) is 9.59 Å². The topological polar surface area (TPSA) is 64.0 Å². The van der Waals surface area contributed by atoms with Crippen molar-refractivity contribution in [3.8, 4) is 0 Å². The number of hydrogen-bond acceptors (Lipinski definition) is 3. The smallest absolute Gasteiger partial charge is 0.265 e. The zero-order valence-corrected chi connectivity index (χ0v) is 17.4. The number of anilines is 1. The summed E-state index contributed by atoms with van der Waals surface area (Å²) in [5, 5.41) is 4.04. The van der Waals surface area contributed by atoms with Gasteiger partial charge in [0.05, 0.1) is 6.54 Å². The number of amides is 1. The summed E-state index contributed by atoms with van der Waals surface area (Å²) in [6.45, 7) is 4.22. The van der Waals surface area contributed by atoms with Crippen LogP contribution in [-0.2, 0) is 6.54 Å². The molecule has 4 aromatic rings. The summed E-state index contributed by atoms with van der Waals surface area (Å²) in [7, 11) is 0. The Hall–Kier alpha value is -3.44. The molecule has 0 bridgehead atoms. The summed E-state index contributed by atoms with van der Waals surface area (Å²) in [4.78, 5) is 30.6. The van der Waals surface area contributed by atoms with Gasteiger partial charge in [-0.25, -0.2) is 4.98 Å². The molecule has 0 atom stereocenters. The van der Waals surface area contributed by atoms with E-state index in [1.807, 2.05) is 50.2 Å². The average molecular weight is 418 g/mol. The lowest BCUT2D eigenvalue weighted by molar-refractivity contribution is 0.102. The van der Waals surface area contributed by atoms with Gasteiger partial charge in [-0.1, -0.05) is 47.5 Å². The number of benzene rings is 2. The third-order valence-electron chi connectivity index (χ3n) is 4.98. The fourth-order valence-electron chi connectivity index (χ4n) is 3.26. The number of carbonyl (C=O) groups is 1. The van der Waals surface area contributed by atoms with E-state index in [4.69, 9.17) is 11.6 Å². The maximum atomic E-state index is 13.2. The first-order chi connectivity index (χ1) is 14.4. The first kappa shape index (κ1) is 19.9. The van der Waals surface area contributed by atoms with Gasteiger partial charge in [0.2, 0.25) is 0 Å². The quantitative estimate of drug-likeness (QED) is 0.510. The number of halogens is 1. The highest BCUT2D eigenvalue weighted by Gasteiger charge is 2.17. The molecule has 0 aliphatic rings. The zero-order valence-electron chi connectivity index (χ0n) is 16.6. The Morgan fingerprint density at radius 2 is 1.83 bits per heavy atom. The molecule has 6 heteroatoms. The summed E-state index contributed by atoms with van der Waals surface area (Å²) in [5.74, 6) is -0.483. The molecule has 2 heterocycles. The number of fused-ring (bicyclic) bond motifs is 1. The largest absolute Gasteiger partial charge is 0.322 e. The molecule has 0 aliphatic heterocycles. The van der Waals surface area contributed by atoms with Crippen LogP contribution in [0.25, 0.3) is 11.0 Å². The monoisotopic (exact) mass is 417 g/mol. The highest BCUT2D eigenvalue weighted by atomic mass is 35.5. The Labute approximate surface area is 179 Å². The molecule has 0 saturated heterocycles. The van der Waals surface area contributed by atoms with Gasteiger partial charge in [-0.3, -0.25) is 14.2 Å². The SMILES string of the molecule is Cc1ccc(Cn2c(=O)c(C(=O)Nc3ccc(C)c(Cl)c3)cc3cccnc32)cc1. The lowest BCUT2D eigenvalue weighted by Crippen LogP contribution is -2.30. The van der Waals surface area contributed by atoms with Crippen LogP contribution in [0.15, 0.2) is 71.7 Å². The van der Waals surface area contributed by atoms with E-state index >= 15 is 0 Å². The highest BCUT2D eigenvalue weighted by Crippen LogP contribution is 2.21. The van der Waals surface area contributed by atoms with Gasteiger partial charge in [0.15, 0.2) is 0 Å². The third kappa shape index (κ3) is 3.98. The van der Waals surface area contributed by atoms with Crippen LogP contribution in [0.4, 0.5) is 5.69 Å². The van der Waals surface area contributed by atoms with Crippen molar-refractivity contribution in [2.75, 3.05) is 5.32 Å². The molecule has 0 saturated carbocycles. The number of rotatable bonds is 4. The number of nitrogens with zero attached hydrogens (tertiary/aromatic N) is 2. The first-order valence-electron chi connectivity index (χ1n) is 9.54. The first-order valence-corrected chi connectivity index (χ1v) is 9.92. The number of aromatic nitrogens is 2. The van der Waals surface area contributed by atoms with Crippen LogP contribution in [0.2, 0.25) is 5.02 Å². The predicted molar refractivity (Wildman–Crippen MR) is 120 cm³/mol. The Morgan fingerprint density at radius 1 is 1.07 bits per heavy atom. The lowest BCUT2D eigenvalue weighted by atomic mass is 10.1. The standard InChI is InChI=1S/C24H20ClN3O2/c1-15-5-8-17(9-6-15)14-28-22-18(4-3-11-26-22)12-20(24(28)30)23(29)27-19-10-7-16(2)21(25)13-19/h3-13H,14H2,1-2H3,(H,27,29). The summed E-state index contributed by atoms with van der Waals surface area (Å²) < 4.78 is 1.54. The van der Waals surface area contributed by atoms with E-state index in [1.54, 1.807) is 30.5 Å². The van der Waals surface area contributed by atoms with Crippen molar-refractivity contribution in [3.05, 3.63) is 104 Å². The van der Waals surface area contributed by atoms with E-state index < -0.39 is 11.5 Å². The fraction of sp³-hybridized carbons (Fsp3) is 0.125. The van der Waals surface area contributed by atoms with Crippen molar-refractivity contribution >= 4 is 34.2 Å². The van der Waals surface area contributed by atoms with E-state index in [0.29, 0.717) is 22.9 Å². The van der Waals surface area contributed by atoms with Gasteiger partial charge >= 0.3 is 0 Å². The van der Waals surface area contributed by atoms with Crippen molar-refractivity contribution in [2.24, 2.45) is 0 Å². The lowest BCUT2D eigenvalue weighted by Gasteiger charge is -2.13. The maximum absolute atomic E-state index is 13.2. The second kappa shape index (κ2) is 8.13. The van der Waals surface area contributed by atoms with Crippen molar-refractivity contribution in [1.29, 1.82) is 0 Å². The third-order valence-corrected chi connectivity index (χ3v) is 5.39. The summed E-state index contributed by atoms with van der Waals surface area (Å²) in [5.41, 5.74) is 3.74. The summed E-state index contributed by atoms with van der Waals surface area (Å²) >= 11 is 6.15. The Morgan fingerprint density at radius 3 is 2.57 bits per heavy atom. The van der Waals surface area contributed by atoms with Crippen LogP contribution in [0.3, 0.4) is 0 Å². The van der Waals surface area contributed by atoms with Crippen LogP contribution in [0.1, 0.15) is 27.0 Å². The van der Waals surface area contributed by atoms with Crippen LogP contribution in [0.5, 0.6) is 0 Å². The van der Waals surface area contributed by atoms with Crippen LogP contribution in [0, 0.1) is 13.8 Å². The molecule has 150 valence electrons. The van der Waals surface area contributed by atoms with Gasteiger partial charge in [0.1, 0.15) is 11.2 Å². The fourth-order valence-corrected chi connectivity index (χ4v) is 3.44. The number of pyridine rings is 2. The number of aryl methyl sites for hydroxylation is 2. The van der Waals surface area contributed by atoms with Gasteiger partial charge in [-0.2, -0.15) is 0 Å². The molecule has 2 aromatic heterocycles.